The summed E-state index contributed by atoms with van der Waals surface area (Å²) in [5, 5.41) is 0. The molecule has 1 N–H and O–H groups in total. The topological polar surface area (TPSA) is 64.1 Å². The van der Waals surface area contributed by atoms with Gasteiger partial charge in [-0.3, -0.25) is 4.57 Å². The molecule has 0 aliphatic heterocycles. The molecule has 1 aliphatic rings. The van der Waals surface area contributed by atoms with Gasteiger partial charge in [0.2, 0.25) is 0 Å². The molecule has 1 aromatic heterocycles. The van der Waals surface area contributed by atoms with E-state index >= 15 is 0 Å². The van der Waals surface area contributed by atoms with Crippen LogP contribution in [0.4, 0.5) is 13.2 Å². The number of aromatic nitrogens is 2. The number of H-pyrrole nitrogens is 1. The summed E-state index contributed by atoms with van der Waals surface area (Å²) in [6.45, 7) is 0. The van der Waals surface area contributed by atoms with Gasteiger partial charge in [-0.15, -0.1) is 0 Å². The molecule has 0 saturated heterocycles. The average molecular weight is 300 g/mol. The normalized spacial score (nSPS) is 15.4. The highest BCUT2D eigenvalue weighted by molar-refractivity contribution is 6.02. The van der Waals surface area contributed by atoms with Gasteiger partial charge in [0.1, 0.15) is 0 Å². The molecule has 0 spiro atoms. The van der Waals surface area contributed by atoms with Crippen LogP contribution < -0.4 is 5.69 Å². The largest absolute Gasteiger partial charge is 0.465 e. The second kappa shape index (κ2) is 4.37. The molecular weight excluding hydrogens is 289 g/mol. The van der Waals surface area contributed by atoms with Crippen LogP contribution in [0.2, 0.25) is 0 Å². The van der Waals surface area contributed by atoms with Crippen LogP contribution in [0.15, 0.2) is 16.9 Å². The highest BCUT2D eigenvalue weighted by atomic mass is 19.4. The second-order valence-corrected chi connectivity index (χ2v) is 4.94. The fraction of sp³-hybridized carbons (Fsp3) is 0.385. The van der Waals surface area contributed by atoms with E-state index in [1.807, 2.05) is 0 Å². The molecule has 1 aromatic carbocycles. The van der Waals surface area contributed by atoms with E-state index in [-0.39, 0.29) is 22.6 Å². The third-order valence-corrected chi connectivity index (χ3v) is 3.47. The quantitative estimate of drug-likeness (QED) is 0.867. The maximum absolute atomic E-state index is 13.0. The number of carbonyl (C=O) groups is 1. The standard InChI is InChI=1S/C13H11F3N2O3/c1-21-11(19)8-4-6(13(14,15)16)5-9-10(8)17-12(20)18(9)7-2-3-7/h4-5,7H,2-3H2,1H3,(H,17,20). The minimum absolute atomic E-state index is 0.0757. The Hall–Kier alpha value is -2.25. The van der Waals surface area contributed by atoms with Crippen molar-refractivity contribution in [1.82, 2.24) is 9.55 Å². The number of fused-ring (bicyclic) bond motifs is 1. The van der Waals surface area contributed by atoms with Crippen LogP contribution in [-0.4, -0.2) is 22.6 Å². The minimum atomic E-state index is -4.61. The summed E-state index contributed by atoms with van der Waals surface area (Å²) in [5.41, 5.74) is -1.64. The summed E-state index contributed by atoms with van der Waals surface area (Å²) < 4.78 is 44.7. The van der Waals surface area contributed by atoms with Crippen molar-refractivity contribution in [3.05, 3.63) is 33.7 Å². The number of imidazole rings is 1. The van der Waals surface area contributed by atoms with Gasteiger partial charge in [-0.05, 0) is 25.0 Å². The zero-order chi connectivity index (χ0) is 15.4. The van der Waals surface area contributed by atoms with Gasteiger partial charge < -0.3 is 9.72 Å². The number of halogens is 3. The maximum atomic E-state index is 13.0. The van der Waals surface area contributed by atoms with Crippen molar-refractivity contribution in [2.24, 2.45) is 0 Å². The number of esters is 1. The molecule has 3 rings (SSSR count). The molecule has 2 aromatic rings. The molecule has 1 fully saturated rings. The van der Waals surface area contributed by atoms with E-state index in [4.69, 9.17) is 0 Å². The Labute approximate surface area is 116 Å². The van der Waals surface area contributed by atoms with Gasteiger partial charge in [0.05, 0.1) is 29.3 Å². The Bertz CT molecular complexity index is 784. The van der Waals surface area contributed by atoms with Crippen LogP contribution in [0, 0.1) is 0 Å². The summed E-state index contributed by atoms with van der Waals surface area (Å²) >= 11 is 0. The highest BCUT2D eigenvalue weighted by Gasteiger charge is 2.35. The number of methoxy groups -OCH3 is 1. The number of benzene rings is 1. The summed E-state index contributed by atoms with van der Waals surface area (Å²) in [6.07, 6.45) is -3.15. The molecule has 21 heavy (non-hydrogen) atoms. The summed E-state index contributed by atoms with van der Waals surface area (Å²) in [5.74, 6) is -0.921. The first-order chi connectivity index (χ1) is 9.82. The van der Waals surface area contributed by atoms with Crippen molar-refractivity contribution in [3.63, 3.8) is 0 Å². The monoisotopic (exact) mass is 300 g/mol. The van der Waals surface area contributed by atoms with E-state index in [2.05, 4.69) is 9.72 Å². The molecule has 0 atom stereocenters. The summed E-state index contributed by atoms with van der Waals surface area (Å²) in [4.78, 5) is 26.1. The number of hydrogen-bond donors (Lipinski definition) is 1. The van der Waals surface area contributed by atoms with E-state index in [0.29, 0.717) is 6.07 Å². The maximum Gasteiger partial charge on any atom is 0.416 e. The lowest BCUT2D eigenvalue weighted by Crippen LogP contribution is -2.15. The van der Waals surface area contributed by atoms with Crippen molar-refractivity contribution in [3.8, 4) is 0 Å². The molecular formula is C13H11F3N2O3. The third-order valence-electron chi connectivity index (χ3n) is 3.47. The van der Waals surface area contributed by atoms with E-state index in [9.17, 15) is 22.8 Å². The van der Waals surface area contributed by atoms with Crippen LogP contribution in [0.3, 0.4) is 0 Å². The number of aromatic amines is 1. The van der Waals surface area contributed by atoms with Crippen molar-refractivity contribution in [1.29, 1.82) is 0 Å². The van der Waals surface area contributed by atoms with E-state index < -0.39 is 23.4 Å². The lowest BCUT2D eigenvalue weighted by atomic mass is 10.1. The summed E-state index contributed by atoms with van der Waals surface area (Å²) in [6, 6.07) is 1.47. The fourth-order valence-electron chi connectivity index (χ4n) is 2.35. The number of ether oxygens (including phenoxy) is 1. The lowest BCUT2D eigenvalue weighted by Gasteiger charge is -2.10. The van der Waals surface area contributed by atoms with Crippen LogP contribution in [0.25, 0.3) is 11.0 Å². The van der Waals surface area contributed by atoms with Gasteiger partial charge in [-0.1, -0.05) is 0 Å². The Morgan fingerprint density at radius 3 is 2.57 bits per heavy atom. The van der Waals surface area contributed by atoms with Gasteiger partial charge in [0, 0.05) is 6.04 Å². The summed E-state index contributed by atoms with van der Waals surface area (Å²) in [7, 11) is 1.07. The zero-order valence-corrected chi connectivity index (χ0v) is 11.0. The van der Waals surface area contributed by atoms with Crippen LogP contribution >= 0.6 is 0 Å². The lowest BCUT2D eigenvalue weighted by molar-refractivity contribution is -0.137. The Kier molecular flexibility index (Phi) is 2.86. The zero-order valence-electron chi connectivity index (χ0n) is 11.0. The van der Waals surface area contributed by atoms with Gasteiger partial charge in [-0.2, -0.15) is 13.2 Å². The minimum Gasteiger partial charge on any atom is -0.465 e. The van der Waals surface area contributed by atoms with Gasteiger partial charge in [0.25, 0.3) is 0 Å². The number of rotatable bonds is 2. The van der Waals surface area contributed by atoms with E-state index in [1.54, 1.807) is 0 Å². The van der Waals surface area contributed by atoms with Gasteiger partial charge in [-0.25, -0.2) is 9.59 Å². The fourth-order valence-corrected chi connectivity index (χ4v) is 2.35. The molecule has 1 aliphatic carbocycles. The molecule has 1 heterocycles. The third kappa shape index (κ3) is 2.20. The predicted octanol–water partition coefficient (Wildman–Crippen LogP) is 2.47. The van der Waals surface area contributed by atoms with Gasteiger partial charge in [0.15, 0.2) is 0 Å². The first kappa shape index (κ1) is 13.7. The van der Waals surface area contributed by atoms with E-state index in [1.165, 1.54) is 4.57 Å². The number of nitrogens with one attached hydrogen (secondary N) is 1. The molecule has 0 unspecified atom stereocenters. The van der Waals surface area contributed by atoms with Crippen LogP contribution in [-0.2, 0) is 10.9 Å². The molecule has 1 saturated carbocycles. The first-order valence-corrected chi connectivity index (χ1v) is 6.26. The van der Waals surface area contributed by atoms with Crippen molar-refractivity contribution in [2.45, 2.75) is 25.1 Å². The van der Waals surface area contributed by atoms with Crippen LogP contribution in [0.1, 0.15) is 34.8 Å². The Morgan fingerprint density at radius 2 is 2.05 bits per heavy atom. The molecule has 0 radical (unpaired) electrons. The smallest absolute Gasteiger partial charge is 0.416 e. The first-order valence-electron chi connectivity index (χ1n) is 6.26. The Morgan fingerprint density at radius 1 is 1.38 bits per heavy atom. The molecule has 8 heteroatoms. The van der Waals surface area contributed by atoms with Crippen LogP contribution in [0.5, 0.6) is 0 Å². The second-order valence-electron chi connectivity index (χ2n) is 4.94. The molecule has 5 nitrogen and oxygen atoms in total. The number of nitrogens with zero attached hydrogens (tertiary/aromatic N) is 1. The van der Waals surface area contributed by atoms with E-state index in [0.717, 1.165) is 26.0 Å². The molecule has 112 valence electrons. The number of alkyl halides is 3. The molecule has 0 amide bonds. The highest BCUT2D eigenvalue weighted by Crippen LogP contribution is 2.38. The van der Waals surface area contributed by atoms with Gasteiger partial charge >= 0.3 is 17.8 Å². The Balaban J connectivity index is 2.36. The van der Waals surface area contributed by atoms with Crippen molar-refractivity contribution < 1.29 is 22.7 Å². The van der Waals surface area contributed by atoms with Crippen molar-refractivity contribution in [2.75, 3.05) is 7.11 Å². The predicted molar refractivity (Wildman–Crippen MR) is 67.2 cm³/mol. The SMILES string of the molecule is COC(=O)c1cc(C(F)(F)F)cc2c1[nH]c(=O)n2C1CC1. The number of hydrogen-bond acceptors (Lipinski definition) is 3. The number of carbonyl (C=O) groups excluding carboxylic acids is 1. The van der Waals surface area contributed by atoms with Crippen molar-refractivity contribution >= 4 is 17.0 Å². The average Bonchev–Trinajstić information content (AvgIpc) is 3.18. The molecule has 0 bridgehead atoms.